The van der Waals surface area contributed by atoms with Crippen LogP contribution in [0.3, 0.4) is 0 Å². The van der Waals surface area contributed by atoms with Gasteiger partial charge in [0.25, 0.3) is 0 Å². The summed E-state index contributed by atoms with van der Waals surface area (Å²) in [7, 11) is -3.66. The molecule has 0 spiro atoms. The highest BCUT2D eigenvalue weighted by Crippen LogP contribution is 2.16. The molecule has 2 rings (SSSR count). The van der Waals surface area contributed by atoms with Gasteiger partial charge in [-0.05, 0) is 42.3 Å². The van der Waals surface area contributed by atoms with Gasteiger partial charge in [0.1, 0.15) is 5.82 Å². The number of benzene rings is 2. The molecule has 0 bridgehead atoms. The maximum atomic E-state index is 13.1. The Morgan fingerprint density at radius 3 is 2.57 bits per heavy atom. The van der Waals surface area contributed by atoms with Crippen LogP contribution in [0.15, 0.2) is 53.4 Å². The molecule has 112 valence electrons. The first-order chi connectivity index (χ1) is 9.88. The Morgan fingerprint density at radius 1 is 1.19 bits per heavy atom. The standard InChI is InChI=1S/C15H17FN2O2S/c1-11(17)13-5-3-7-15(9-13)21(19,20)18-10-12-4-2-6-14(16)8-12/h2-9,11,18H,10,17H2,1H3. The summed E-state index contributed by atoms with van der Waals surface area (Å²) in [4.78, 5) is 0.147. The first-order valence-corrected chi connectivity index (χ1v) is 7.96. The molecule has 2 aromatic carbocycles. The van der Waals surface area contributed by atoms with Crippen molar-refractivity contribution in [3.8, 4) is 0 Å². The fourth-order valence-corrected chi connectivity index (χ4v) is 2.95. The maximum absolute atomic E-state index is 13.1. The molecular formula is C15H17FN2O2S. The monoisotopic (exact) mass is 308 g/mol. The van der Waals surface area contributed by atoms with Crippen molar-refractivity contribution in [2.24, 2.45) is 5.73 Å². The van der Waals surface area contributed by atoms with E-state index < -0.39 is 15.8 Å². The van der Waals surface area contributed by atoms with E-state index in [9.17, 15) is 12.8 Å². The van der Waals surface area contributed by atoms with Gasteiger partial charge in [-0.3, -0.25) is 0 Å². The Hall–Kier alpha value is -1.76. The van der Waals surface area contributed by atoms with Gasteiger partial charge in [0.15, 0.2) is 0 Å². The minimum Gasteiger partial charge on any atom is -0.324 e. The van der Waals surface area contributed by atoms with Gasteiger partial charge in [-0.1, -0.05) is 24.3 Å². The summed E-state index contributed by atoms with van der Waals surface area (Å²) in [6, 6.07) is 12.0. The molecule has 21 heavy (non-hydrogen) atoms. The molecule has 4 nitrogen and oxygen atoms in total. The van der Waals surface area contributed by atoms with Crippen molar-refractivity contribution in [1.82, 2.24) is 4.72 Å². The van der Waals surface area contributed by atoms with E-state index in [1.54, 1.807) is 31.2 Å². The van der Waals surface area contributed by atoms with Gasteiger partial charge in [0.2, 0.25) is 10.0 Å². The van der Waals surface area contributed by atoms with Crippen LogP contribution in [0.25, 0.3) is 0 Å². The first-order valence-electron chi connectivity index (χ1n) is 6.48. The molecule has 6 heteroatoms. The number of halogens is 1. The fraction of sp³-hybridized carbons (Fsp3) is 0.200. The van der Waals surface area contributed by atoms with Crippen molar-refractivity contribution in [2.45, 2.75) is 24.4 Å². The number of rotatable bonds is 5. The number of nitrogens with one attached hydrogen (secondary N) is 1. The summed E-state index contributed by atoms with van der Waals surface area (Å²) in [5.41, 5.74) is 7.05. The lowest BCUT2D eigenvalue weighted by atomic mass is 10.1. The summed E-state index contributed by atoms with van der Waals surface area (Å²) in [5.74, 6) is -0.398. The average molecular weight is 308 g/mol. The lowest BCUT2D eigenvalue weighted by Gasteiger charge is -2.10. The normalized spacial score (nSPS) is 13.1. The zero-order valence-corrected chi connectivity index (χ0v) is 12.4. The van der Waals surface area contributed by atoms with Crippen molar-refractivity contribution in [3.05, 3.63) is 65.5 Å². The molecule has 0 radical (unpaired) electrons. The molecule has 0 fully saturated rings. The van der Waals surface area contributed by atoms with E-state index in [4.69, 9.17) is 5.73 Å². The van der Waals surface area contributed by atoms with Crippen molar-refractivity contribution in [3.63, 3.8) is 0 Å². The van der Waals surface area contributed by atoms with E-state index >= 15 is 0 Å². The first kappa shape index (κ1) is 15.6. The number of hydrogen-bond acceptors (Lipinski definition) is 3. The van der Waals surface area contributed by atoms with Crippen LogP contribution in [-0.2, 0) is 16.6 Å². The lowest BCUT2D eigenvalue weighted by Crippen LogP contribution is -2.23. The van der Waals surface area contributed by atoms with E-state index in [1.807, 2.05) is 0 Å². The predicted octanol–water partition coefficient (Wildman–Crippen LogP) is 2.32. The zero-order valence-electron chi connectivity index (χ0n) is 11.6. The summed E-state index contributed by atoms with van der Waals surface area (Å²) in [6.45, 7) is 1.81. The van der Waals surface area contributed by atoms with Crippen LogP contribution < -0.4 is 10.5 Å². The molecule has 0 amide bonds. The molecule has 1 unspecified atom stereocenters. The molecule has 0 aliphatic carbocycles. The second-order valence-electron chi connectivity index (χ2n) is 4.82. The molecule has 1 atom stereocenters. The second kappa shape index (κ2) is 6.34. The Balaban J connectivity index is 2.17. The molecule has 0 aromatic heterocycles. The molecule has 2 aromatic rings. The van der Waals surface area contributed by atoms with Crippen LogP contribution in [0.5, 0.6) is 0 Å². The minimum absolute atomic E-state index is 0.0303. The van der Waals surface area contributed by atoms with Crippen molar-refractivity contribution < 1.29 is 12.8 Å². The summed E-state index contributed by atoms with van der Waals surface area (Å²) in [5, 5.41) is 0. The molecule has 0 heterocycles. The quantitative estimate of drug-likeness (QED) is 0.890. The van der Waals surface area contributed by atoms with E-state index in [2.05, 4.69) is 4.72 Å². The zero-order chi connectivity index (χ0) is 15.5. The highest BCUT2D eigenvalue weighted by molar-refractivity contribution is 7.89. The summed E-state index contributed by atoms with van der Waals surface area (Å²) < 4.78 is 39.9. The van der Waals surface area contributed by atoms with Crippen molar-refractivity contribution >= 4 is 10.0 Å². The third-order valence-corrected chi connectivity index (χ3v) is 4.45. The van der Waals surface area contributed by atoms with Gasteiger partial charge in [-0.15, -0.1) is 0 Å². The predicted molar refractivity (Wildman–Crippen MR) is 79.5 cm³/mol. The number of nitrogens with two attached hydrogens (primary N) is 1. The van der Waals surface area contributed by atoms with Crippen LogP contribution in [0.4, 0.5) is 4.39 Å². The summed E-state index contributed by atoms with van der Waals surface area (Å²) >= 11 is 0. The van der Waals surface area contributed by atoms with Crippen molar-refractivity contribution in [2.75, 3.05) is 0 Å². The number of hydrogen-bond donors (Lipinski definition) is 2. The topological polar surface area (TPSA) is 72.2 Å². The molecule has 0 aliphatic rings. The van der Waals surface area contributed by atoms with Gasteiger partial charge in [-0.2, -0.15) is 0 Å². The van der Waals surface area contributed by atoms with Crippen molar-refractivity contribution in [1.29, 1.82) is 0 Å². The summed E-state index contributed by atoms with van der Waals surface area (Å²) in [6.07, 6.45) is 0. The Kier molecular flexibility index (Phi) is 4.72. The smallest absolute Gasteiger partial charge is 0.240 e. The fourth-order valence-electron chi connectivity index (χ4n) is 1.87. The Labute approximate surface area is 123 Å². The van der Waals surface area contributed by atoms with Crippen LogP contribution in [0.2, 0.25) is 0 Å². The van der Waals surface area contributed by atoms with E-state index in [0.29, 0.717) is 5.56 Å². The van der Waals surface area contributed by atoms with Gasteiger partial charge in [-0.25, -0.2) is 17.5 Å². The minimum atomic E-state index is -3.66. The van der Waals surface area contributed by atoms with Gasteiger partial charge in [0, 0.05) is 12.6 Å². The SMILES string of the molecule is CC(N)c1cccc(S(=O)(=O)NCc2cccc(F)c2)c1. The molecule has 0 aliphatic heterocycles. The molecule has 3 N–H and O–H groups in total. The average Bonchev–Trinajstić information content (AvgIpc) is 2.45. The van der Waals surface area contributed by atoms with Gasteiger partial charge in [0.05, 0.1) is 4.90 Å². The van der Waals surface area contributed by atoms with Crippen LogP contribution in [-0.4, -0.2) is 8.42 Å². The van der Waals surface area contributed by atoms with E-state index in [-0.39, 0.29) is 17.5 Å². The molecular weight excluding hydrogens is 291 g/mol. The largest absolute Gasteiger partial charge is 0.324 e. The molecule has 0 saturated carbocycles. The highest BCUT2D eigenvalue weighted by atomic mass is 32.2. The van der Waals surface area contributed by atoms with Crippen LogP contribution in [0.1, 0.15) is 24.1 Å². The van der Waals surface area contributed by atoms with E-state index in [0.717, 1.165) is 5.56 Å². The molecule has 0 saturated heterocycles. The van der Waals surface area contributed by atoms with Gasteiger partial charge >= 0.3 is 0 Å². The lowest BCUT2D eigenvalue weighted by molar-refractivity contribution is 0.580. The number of sulfonamides is 1. The van der Waals surface area contributed by atoms with Crippen LogP contribution >= 0.6 is 0 Å². The van der Waals surface area contributed by atoms with E-state index in [1.165, 1.54) is 24.3 Å². The van der Waals surface area contributed by atoms with Gasteiger partial charge < -0.3 is 5.73 Å². The third kappa shape index (κ3) is 4.10. The second-order valence-corrected chi connectivity index (χ2v) is 6.58. The Morgan fingerprint density at radius 2 is 1.90 bits per heavy atom. The highest BCUT2D eigenvalue weighted by Gasteiger charge is 2.15. The van der Waals surface area contributed by atoms with Crippen LogP contribution in [0, 0.1) is 5.82 Å². The Bertz CT molecular complexity index is 730. The third-order valence-electron chi connectivity index (χ3n) is 3.05. The maximum Gasteiger partial charge on any atom is 0.240 e.